The summed E-state index contributed by atoms with van der Waals surface area (Å²) >= 11 is 8.20. The zero-order chi connectivity index (χ0) is 33.6. The van der Waals surface area contributed by atoms with E-state index in [0.29, 0.717) is 47.1 Å². The number of fused-ring (bicyclic) bond motifs is 6. The Morgan fingerprint density at radius 2 is 1.52 bits per heavy atom. The first-order valence-electron chi connectivity index (χ1n) is 14.7. The monoisotopic (exact) mass is 742 g/mol. The molecule has 7 N–H and O–H groups in total. The van der Waals surface area contributed by atoms with Crippen LogP contribution in [0.2, 0.25) is 0 Å². The summed E-state index contributed by atoms with van der Waals surface area (Å²) in [7, 11) is -2.64. The zero-order valence-corrected chi connectivity index (χ0v) is 28.4. The van der Waals surface area contributed by atoms with Crippen LogP contribution in [0.15, 0.2) is 37.5 Å². The molecule has 258 valence electrons. The molecule has 7 heterocycles. The molecule has 48 heavy (non-hydrogen) atoms. The third-order valence-corrected chi connectivity index (χ3v) is 10.9. The predicted molar refractivity (Wildman–Crippen MR) is 178 cm³/mol. The lowest BCUT2D eigenvalue weighted by Gasteiger charge is -2.26. The lowest BCUT2D eigenvalue weighted by atomic mass is 10.1. The lowest BCUT2D eigenvalue weighted by Crippen LogP contribution is -2.45. The van der Waals surface area contributed by atoms with Gasteiger partial charge in [0.15, 0.2) is 53.6 Å². The zero-order valence-electron chi connectivity index (χ0n) is 24.7. The van der Waals surface area contributed by atoms with Gasteiger partial charge in [0.25, 0.3) is 0 Å². The van der Waals surface area contributed by atoms with Crippen molar-refractivity contribution in [3.8, 4) is 0 Å². The van der Waals surface area contributed by atoms with E-state index in [1.807, 2.05) is 12.2 Å². The van der Waals surface area contributed by atoms with E-state index in [1.54, 1.807) is 0 Å². The van der Waals surface area contributed by atoms with Gasteiger partial charge in [-0.1, -0.05) is 24.4 Å². The molecule has 10 atom stereocenters. The number of nitrogens with one attached hydrogen (secondary N) is 4. The van der Waals surface area contributed by atoms with Crippen molar-refractivity contribution in [1.29, 1.82) is 0 Å². The minimum atomic E-state index is -4.06. The van der Waals surface area contributed by atoms with Crippen molar-refractivity contribution in [3.05, 3.63) is 37.5 Å². The van der Waals surface area contributed by atoms with E-state index in [1.165, 1.54) is 34.4 Å². The predicted octanol–water partition coefficient (Wildman–Crippen LogP) is -0.141. The standard InChI is InChI=1S/C24H32N12O8P2S2/c37-5-11-14-18(39)24(43-11)36-10-32-16-20(28-8-30-22(16)36)26-4-2-1-3-25-19-15-21(29-7-27-19)35(9-31-15)23-17(38)13(33-45(40)47)12(44-23)6-42-46(41,48)34-14/h1-2,7-14,17-18,23-24,37-39,45H,3-6H2,(H,25,27,29)(H,26,28,30)(H2,33,40,47)(H2,34,41,48)/b2-1+/t11-,12-,13-,14?,17-,18-,23?,24-,46?/m1/s1. The lowest BCUT2D eigenvalue weighted by molar-refractivity contribution is -0.0489. The molecule has 4 aromatic heterocycles. The number of hydrogen-bond acceptors (Lipinski definition) is 16. The number of aromatic nitrogens is 8. The van der Waals surface area contributed by atoms with E-state index in [0.717, 1.165) is 0 Å². The molecular formula is C24H32N12O8P2S2. The number of rotatable bonds is 3. The quantitative estimate of drug-likeness (QED) is 0.0752. The molecule has 12 bridgehead atoms. The molecule has 0 aliphatic carbocycles. The number of ether oxygens (including phenoxy) is 2. The van der Waals surface area contributed by atoms with Crippen LogP contribution in [0.25, 0.3) is 22.3 Å². The highest BCUT2D eigenvalue weighted by Gasteiger charge is 2.49. The first kappa shape index (κ1) is 33.8. The Bertz CT molecular complexity index is 1900. The fraction of sp³-hybridized carbons (Fsp3) is 0.500. The topological polar surface area (TPSA) is 258 Å². The molecule has 0 amide bonds. The van der Waals surface area contributed by atoms with Gasteiger partial charge in [0.2, 0.25) is 0 Å². The number of imidazole rings is 2. The van der Waals surface area contributed by atoms with Crippen molar-refractivity contribution >= 4 is 72.3 Å². The van der Waals surface area contributed by atoms with Gasteiger partial charge >= 0.3 is 6.72 Å². The third-order valence-electron chi connectivity index (χ3n) is 8.15. The molecule has 2 saturated heterocycles. The number of nitrogens with zero attached hydrogens (tertiary/aromatic N) is 8. The summed E-state index contributed by atoms with van der Waals surface area (Å²) < 4.78 is 46.6. The summed E-state index contributed by atoms with van der Waals surface area (Å²) in [6.45, 7) is -4.23. The molecule has 2 fully saturated rings. The summed E-state index contributed by atoms with van der Waals surface area (Å²) in [4.78, 5) is 26.1. The molecule has 4 unspecified atom stereocenters. The molecule has 0 radical (unpaired) electrons. The average molecular weight is 743 g/mol. The van der Waals surface area contributed by atoms with Crippen LogP contribution in [-0.4, -0.2) is 117 Å². The maximum atomic E-state index is 13.6. The van der Waals surface area contributed by atoms with E-state index in [-0.39, 0.29) is 0 Å². The van der Waals surface area contributed by atoms with Gasteiger partial charge in [0, 0.05) is 13.1 Å². The van der Waals surface area contributed by atoms with Crippen LogP contribution in [-0.2, 0) is 23.1 Å². The second kappa shape index (κ2) is 13.9. The summed E-state index contributed by atoms with van der Waals surface area (Å²) in [5, 5.41) is 44.6. The Morgan fingerprint density at radius 3 is 2.08 bits per heavy atom. The Hall–Kier alpha value is -2.72. The molecule has 0 spiro atoms. The SMILES string of the molecule is O=[PH](S)N[C@@H]1[C@H]2COP(=O)(S)NC3[C@@H](O)[C@@H](O[C@@H]3CO)n3cnc4c(ncnc43)NC/C=C/CNc3ncnc4c3ncn4C(O2)[C@@H]1O. The molecule has 3 aliphatic heterocycles. The Morgan fingerprint density at radius 1 is 0.938 bits per heavy atom. The highest BCUT2D eigenvalue weighted by molar-refractivity contribution is 8.45. The van der Waals surface area contributed by atoms with Gasteiger partial charge < -0.3 is 40.0 Å². The minimum Gasteiger partial charge on any atom is -0.394 e. The van der Waals surface area contributed by atoms with Crippen molar-refractivity contribution in [1.82, 2.24) is 49.2 Å². The van der Waals surface area contributed by atoms with Gasteiger partial charge in [0.1, 0.15) is 37.1 Å². The van der Waals surface area contributed by atoms with Crippen LogP contribution in [0, 0.1) is 0 Å². The van der Waals surface area contributed by atoms with Gasteiger partial charge in [-0.3, -0.25) is 23.4 Å². The van der Waals surface area contributed by atoms with Crippen molar-refractivity contribution in [2.75, 3.05) is 36.9 Å². The van der Waals surface area contributed by atoms with Gasteiger partial charge in [-0.15, -0.1) is 12.2 Å². The molecule has 7 rings (SSSR count). The second-order valence-electron chi connectivity index (χ2n) is 11.1. The van der Waals surface area contributed by atoms with E-state index in [4.69, 9.17) is 14.0 Å². The van der Waals surface area contributed by atoms with Gasteiger partial charge in [-0.05, 0) is 0 Å². The summed E-state index contributed by atoms with van der Waals surface area (Å²) in [6.07, 6.45) is 2.45. The molecular weight excluding hydrogens is 710 g/mol. The Kier molecular flexibility index (Phi) is 9.77. The van der Waals surface area contributed by atoms with Gasteiger partial charge in [0.05, 0.1) is 38.0 Å². The molecule has 0 saturated carbocycles. The van der Waals surface area contributed by atoms with Gasteiger partial charge in [-0.2, -0.15) is 0 Å². The van der Waals surface area contributed by atoms with Crippen molar-refractivity contribution < 1.29 is 38.4 Å². The number of anilines is 2. The smallest absolute Gasteiger partial charge is 0.324 e. The third kappa shape index (κ3) is 6.48. The average Bonchev–Trinajstić information content (AvgIpc) is 3.82. The molecule has 3 aliphatic rings. The molecule has 4 aromatic rings. The summed E-state index contributed by atoms with van der Waals surface area (Å²) in [5.41, 5.74) is 1.53. The van der Waals surface area contributed by atoms with E-state index >= 15 is 0 Å². The maximum absolute atomic E-state index is 13.6. The fourth-order valence-electron chi connectivity index (χ4n) is 5.94. The number of aliphatic hydroxyl groups excluding tert-OH is 3. The first-order chi connectivity index (χ1) is 23.1. The first-order valence-corrected chi connectivity index (χ1v) is 20.1. The normalized spacial score (nSPS) is 34.2. The highest BCUT2D eigenvalue weighted by Crippen LogP contribution is 2.51. The van der Waals surface area contributed by atoms with E-state index in [9.17, 15) is 24.4 Å². The number of thiol groups is 2. The van der Waals surface area contributed by atoms with Crippen LogP contribution >= 0.6 is 38.4 Å². The molecule has 24 heteroatoms. The maximum Gasteiger partial charge on any atom is 0.324 e. The van der Waals surface area contributed by atoms with Crippen LogP contribution in [0.3, 0.4) is 0 Å². The summed E-state index contributed by atoms with van der Waals surface area (Å²) in [5.74, 6) is 0.886. The number of aliphatic hydroxyl groups is 3. The van der Waals surface area contributed by atoms with Crippen LogP contribution in [0.5, 0.6) is 0 Å². The molecule has 20 nitrogen and oxygen atoms in total. The van der Waals surface area contributed by atoms with Crippen molar-refractivity contribution in [3.63, 3.8) is 0 Å². The van der Waals surface area contributed by atoms with Crippen molar-refractivity contribution in [2.45, 2.75) is 49.0 Å². The second-order valence-corrected chi connectivity index (χ2v) is 16.3. The molecule has 0 aromatic carbocycles. The summed E-state index contributed by atoms with van der Waals surface area (Å²) in [6, 6.07) is -2.09. The van der Waals surface area contributed by atoms with Crippen LogP contribution in [0.1, 0.15) is 12.5 Å². The fourth-order valence-corrected chi connectivity index (χ4v) is 8.74. The Labute approximate surface area is 282 Å². The van der Waals surface area contributed by atoms with Crippen LogP contribution < -0.4 is 20.8 Å². The minimum absolute atomic E-state index is 0.347. The largest absolute Gasteiger partial charge is 0.394 e. The van der Waals surface area contributed by atoms with E-state index < -0.39 is 76.0 Å². The highest BCUT2D eigenvalue weighted by atomic mass is 32.7. The van der Waals surface area contributed by atoms with E-state index in [2.05, 4.69) is 75.2 Å². The Balaban J connectivity index is 1.23. The van der Waals surface area contributed by atoms with Gasteiger partial charge in [-0.25, -0.2) is 35.0 Å². The van der Waals surface area contributed by atoms with Crippen molar-refractivity contribution in [2.24, 2.45) is 0 Å². The number of hydrogen-bond donors (Lipinski definition) is 9. The van der Waals surface area contributed by atoms with Crippen LogP contribution in [0.4, 0.5) is 11.6 Å².